The van der Waals surface area contributed by atoms with Crippen molar-refractivity contribution in [3.63, 3.8) is 0 Å². The average molecular weight is 305 g/mol. The predicted octanol–water partition coefficient (Wildman–Crippen LogP) is 2.28. The van der Waals surface area contributed by atoms with E-state index in [1.807, 2.05) is 25.1 Å². The van der Waals surface area contributed by atoms with Crippen molar-refractivity contribution in [2.75, 3.05) is 7.05 Å². The van der Waals surface area contributed by atoms with Gasteiger partial charge in [-0.1, -0.05) is 31.2 Å². The van der Waals surface area contributed by atoms with Gasteiger partial charge in [-0.2, -0.15) is 4.31 Å². The first kappa shape index (κ1) is 14.3. The molecule has 1 aromatic carbocycles. The number of benzene rings is 1. The van der Waals surface area contributed by atoms with Gasteiger partial charge in [0.25, 0.3) is 10.0 Å². The van der Waals surface area contributed by atoms with E-state index in [9.17, 15) is 8.42 Å². The second kappa shape index (κ2) is 5.27. The lowest BCUT2D eigenvalue weighted by Crippen LogP contribution is -2.30. The molecule has 0 amide bonds. The molecule has 0 saturated carbocycles. The van der Waals surface area contributed by atoms with Gasteiger partial charge in [0, 0.05) is 13.5 Å². The van der Waals surface area contributed by atoms with Crippen LogP contribution >= 0.6 is 0 Å². The van der Waals surface area contributed by atoms with Gasteiger partial charge in [-0.15, -0.1) is 0 Å². The smallest absolute Gasteiger partial charge is 0.260 e. The van der Waals surface area contributed by atoms with Crippen LogP contribution in [0, 0.1) is 0 Å². The third-order valence-electron chi connectivity index (χ3n) is 4.14. The molecule has 112 valence electrons. The van der Waals surface area contributed by atoms with Gasteiger partial charge in [-0.3, -0.25) is 0 Å². The van der Waals surface area contributed by atoms with Gasteiger partial charge in [0.15, 0.2) is 5.03 Å². The number of nitrogens with one attached hydrogen (secondary N) is 1. The molecular formula is C15H19N3O2S. The summed E-state index contributed by atoms with van der Waals surface area (Å²) in [5.74, 6) is 0.689. The number of sulfonamides is 1. The third-order valence-corrected chi connectivity index (χ3v) is 5.91. The highest BCUT2D eigenvalue weighted by Crippen LogP contribution is 2.37. The standard InChI is InChI=1S/C15H19N3O2S/c1-3-14-16-10-15(17-14)21(19,20)18(2)13-9-8-11-6-4-5-7-12(11)13/h4-7,10,13H,3,8-9H2,1-2H3,(H,16,17). The van der Waals surface area contributed by atoms with Gasteiger partial charge in [0.2, 0.25) is 0 Å². The van der Waals surface area contributed by atoms with Crippen LogP contribution in [0.1, 0.15) is 36.3 Å². The SMILES string of the molecule is CCc1ncc(S(=O)(=O)N(C)C2CCc3ccccc32)[nH]1. The number of aryl methyl sites for hydroxylation is 2. The monoisotopic (exact) mass is 305 g/mol. The number of hydrogen-bond donors (Lipinski definition) is 1. The number of imidazole rings is 1. The molecule has 1 heterocycles. The second-order valence-electron chi connectivity index (χ2n) is 5.32. The van der Waals surface area contributed by atoms with Crippen molar-refractivity contribution >= 4 is 10.0 Å². The van der Waals surface area contributed by atoms with E-state index in [0.717, 1.165) is 18.4 Å². The van der Waals surface area contributed by atoms with E-state index in [2.05, 4.69) is 16.0 Å². The molecule has 0 fully saturated rings. The summed E-state index contributed by atoms with van der Waals surface area (Å²) in [6, 6.07) is 7.95. The minimum Gasteiger partial charge on any atom is -0.332 e. The van der Waals surface area contributed by atoms with Gasteiger partial charge < -0.3 is 4.98 Å². The molecule has 3 rings (SSSR count). The number of aromatic amines is 1. The van der Waals surface area contributed by atoms with E-state index >= 15 is 0 Å². The number of H-pyrrole nitrogens is 1. The highest BCUT2D eigenvalue weighted by molar-refractivity contribution is 7.89. The second-order valence-corrected chi connectivity index (χ2v) is 7.29. The lowest BCUT2D eigenvalue weighted by Gasteiger charge is -2.24. The van der Waals surface area contributed by atoms with Gasteiger partial charge in [-0.25, -0.2) is 13.4 Å². The van der Waals surface area contributed by atoms with Gasteiger partial charge in [-0.05, 0) is 24.0 Å². The fourth-order valence-electron chi connectivity index (χ4n) is 2.89. The summed E-state index contributed by atoms with van der Waals surface area (Å²) >= 11 is 0. The molecule has 1 aliphatic rings. The molecule has 21 heavy (non-hydrogen) atoms. The maximum atomic E-state index is 12.7. The lowest BCUT2D eigenvalue weighted by atomic mass is 10.1. The van der Waals surface area contributed by atoms with Crippen molar-refractivity contribution in [3.8, 4) is 0 Å². The largest absolute Gasteiger partial charge is 0.332 e. The van der Waals surface area contributed by atoms with Crippen molar-refractivity contribution in [2.24, 2.45) is 0 Å². The zero-order chi connectivity index (χ0) is 15.0. The summed E-state index contributed by atoms with van der Waals surface area (Å²) in [7, 11) is -1.89. The number of fused-ring (bicyclic) bond motifs is 1. The van der Waals surface area contributed by atoms with E-state index in [4.69, 9.17) is 0 Å². The molecule has 0 aliphatic heterocycles. The minimum absolute atomic E-state index is 0.0976. The van der Waals surface area contributed by atoms with Gasteiger partial charge in [0.05, 0.1) is 12.2 Å². The average Bonchev–Trinajstić information content (AvgIpc) is 3.13. The fourth-order valence-corrected chi connectivity index (χ4v) is 4.19. The summed E-state index contributed by atoms with van der Waals surface area (Å²) in [5.41, 5.74) is 2.35. The molecule has 0 radical (unpaired) electrons. The molecule has 5 nitrogen and oxygen atoms in total. The summed E-state index contributed by atoms with van der Waals surface area (Å²) < 4.78 is 26.9. The van der Waals surface area contributed by atoms with Crippen LogP contribution < -0.4 is 0 Å². The number of hydrogen-bond acceptors (Lipinski definition) is 3. The topological polar surface area (TPSA) is 66.1 Å². The van der Waals surface area contributed by atoms with Crippen molar-refractivity contribution in [2.45, 2.75) is 37.3 Å². The van der Waals surface area contributed by atoms with E-state index < -0.39 is 10.0 Å². The molecule has 1 N–H and O–H groups in total. The Hall–Kier alpha value is -1.66. The van der Waals surface area contributed by atoms with Crippen molar-refractivity contribution in [1.29, 1.82) is 0 Å². The first-order chi connectivity index (χ1) is 10.0. The van der Waals surface area contributed by atoms with E-state index in [-0.39, 0.29) is 11.1 Å². The number of nitrogens with zero attached hydrogens (tertiary/aromatic N) is 2. The highest BCUT2D eigenvalue weighted by atomic mass is 32.2. The van der Waals surface area contributed by atoms with Crippen LogP contribution in [-0.2, 0) is 22.9 Å². The molecule has 1 unspecified atom stereocenters. The van der Waals surface area contributed by atoms with Crippen LogP contribution in [0.4, 0.5) is 0 Å². The Morgan fingerprint density at radius 1 is 1.38 bits per heavy atom. The molecule has 1 aromatic heterocycles. The van der Waals surface area contributed by atoms with E-state index in [1.165, 1.54) is 16.1 Å². The van der Waals surface area contributed by atoms with Crippen molar-refractivity contribution < 1.29 is 8.42 Å². The molecule has 6 heteroatoms. The van der Waals surface area contributed by atoms with Crippen molar-refractivity contribution in [3.05, 3.63) is 47.4 Å². The molecule has 0 spiro atoms. The fraction of sp³-hybridized carbons (Fsp3) is 0.400. The summed E-state index contributed by atoms with van der Waals surface area (Å²) in [6.07, 6.45) is 3.84. The lowest BCUT2D eigenvalue weighted by molar-refractivity contribution is 0.373. The number of aromatic nitrogens is 2. The number of rotatable bonds is 4. The predicted molar refractivity (Wildman–Crippen MR) is 80.4 cm³/mol. The zero-order valence-electron chi connectivity index (χ0n) is 12.2. The van der Waals surface area contributed by atoms with E-state index in [1.54, 1.807) is 7.05 Å². The Kier molecular flexibility index (Phi) is 3.59. The van der Waals surface area contributed by atoms with Crippen LogP contribution in [0.3, 0.4) is 0 Å². The Morgan fingerprint density at radius 3 is 2.86 bits per heavy atom. The Labute approximate surface area is 125 Å². The first-order valence-corrected chi connectivity index (χ1v) is 8.57. The van der Waals surface area contributed by atoms with Crippen LogP contribution in [0.25, 0.3) is 0 Å². The molecule has 0 saturated heterocycles. The quantitative estimate of drug-likeness (QED) is 0.942. The molecule has 1 aliphatic carbocycles. The summed E-state index contributed by atoms with van der Waals surface area (Å²) in [6.45, 7) is 1.94. The van der Waals surface area contributed by atoms with Crippen LogP contribution in [-0.4, -0.2) is 29.7 Å². The molecule has 2 aromatic rings. The maximum absolute atomic E-state index is 12.7. The first-order valence-electron chi connectivity index (χ1n) is 7.13. The van der Waals surface area contributed by atoms with Crippen LogP contribution in [0.2, 0.25) is 0 Å². The highest BCUT2D eigenvalue weighted by Gasteiger charge is 2.34. The molecule has 1 atom stereocenters. The van der Waals surface area contributed by atoms with Crippen molar-refractivity contribution in [1.82, 2.24) is 14.3 Å². The summed E-state index contributed by atoms with van der Waals surface area (Å²) in [4.78, 5) is 6.98. The Balaban J connectivity index is 1.93. The minimum atomic E-state index is -3.54. The molecule has 0 bridgehead atoms. The van der Waals surface area contributed by atoms with Gasteiger partial charge in [0.1, 0.15) is 5.82 Å². The van der Waals surface area contributed by atoms with Gasteiger partial charge >= 0.3 is 0 Å². The van der Waals surface area contributed by atoms with E-state index in [0.29, 0.717) is 12.2 Å². The Morgan fingerprint density at radius 2 is 2.14 bits per heavy atom. The summed E-state index contributed by atoms with van der Waals surface area (Å²) in [5, 5.41) is 0.172. The zero-order valence-corrected chi connectivity index (χ0v) is 13.0. The maximum Gasteiger partial charge on any atom is 0.260 e. The Bertz CT molecular complexity index is 752. The third kappa shape index (κ3) is 2.38. The van der Waals surface area contributed by atoms with Crippen LogP contribution in [0.15, 0.2) is 35.5 Å². The molecular weight excluding hydrogens is 286 g/mol. The van der Waals surface area contributed by atoms with Crippen LogP contribution in [0.5, 0.6) is 0 Å². The normalized spacial score (nSPS) is 18.1.